The second-order valence-electron chi connectivity index (χ2n) is 4.88. The molecule has 17 heavy (non-hydrogen) atoms. The molecule has 1 saturated carbocycles. The molecule has 0 aromatic rings. The zero-order valence-corrected chi connectivity index (χ0v) is 11.4. The lowest BCUT2D eigenvalue weighted by atomic mass is 9.90. The first-order valence-corrected chi connectivity index (χ1v) is 7.29. The van der Waals surface area contributed by atoms with Crippen molar-refractivity contribution in [3.63, 3.8) is 0 Å². The van der Waals surface area contributed by atoms with Gasteiger partial charge in [0.1, 0.15) is 0 Å². The van der Waals surface area contributed by atoms with E-state index in [1.807, 2.05) is 6.92 Å². The largest absolute Gasteiger partial charge is 0.382 e. The molecule has 3 nitrogen and oxygen atoms in total. The summed E-state index contributed by atoms with van der Waals surface area (Å²) in [7, 11) is 0. The van der Waals surface area contributed by atoms with Crippen LogP contribution in [0, 0.1) is 5.92 Å². The lowest BCUT2D eigenvalue weighted by molar-refractivity contribution is 0.0863. The van der Waals surface area contributed by atoms with Gasteiger partial charge in [0.25, 0.3) is 0 Å². The van der Waals surface area contributed by atoms with Crippen molar-refractivity contribution in [3.8, 4) is 0 Å². The van der Waals surface area contributed by atoms with Crippen LogP contribution in [0.3, 0.4) is 0 Å². The van der Waals surface area contributed by atoms with Crippen molar-refractivity contribution in [2.45, 2.75) is 45.4 Å². The van der Waals surface area contributed by atoms with Crippen molar-refractivity contribution in [3.05, 3.63) is 0 Å². The summed E-state index contributed by atoms with van der Waals surface area (Å²) in [6, 6.07) is 0. The van der Waals surface area contributed by atoms with Gasteiger partial charge < -0.3 is 14.8 Å². The number of ether oxygens (including phenoxy) is 2. The van der Waals surface area contributed by atoms with Crippen LogP contribution in [0.25, 0.3) is 0 Å². The molecule has 0 bridgehead atoms. The number of hydrogen-bond acceptors (Lipinski definition) is 3. The molecule has 1 aliphatic carbocycles. The molecule has 1 fully saturated rings. The van der Waals surface area contributed by atoms with Gasteiger partial charge in [0.2, 0.25) is 0 Å². The van der Waals surface area contributed by atoms with Gasteiger partial charge in [-0.2, -0.15) is 0 Å². The highest BCUT2D eigenvalue weighted by Crippen LogP contribution is 2.23. The van der Waals surface area contributed by atoms with Crippen LogP contribution in [-0.2, 0) is 9.47 Å². The van der Waals surface area contributed by atoms with Gasteiger partial charge in [0.15, 0.2) is 0 Å². The Balaban J connectivity index is 1.75. The predicted octanol–water partition coefficient (Wildman–Crippen LogP) is 2.60. The molecule has 0 radical (unpaired) electrons. The Bertz CT molecular complexity index is 158. The molecule has 0 spiro atoms. The molecule has 0 unspecified atom stereocenters. The Morgan fingerprint density at radius 2 is 1.82 bits per heavy atom. The van der Waals surface area contributed by atoms with Crippen LogP contribution in [0.15, 0.2) is 0 Å². The van der Waals surface area contributed by atoms with Crippen LogP contribution in [0.1, 0.15) is 45.4 Å². The molecule has 0 aromatic heterocycles. The third kappa shape index (κ3) is 8.58. The van der Waals surface area contributed by atoms with Crippen LogP contribution < -0.4 is 5.32 Å². The van der Waals surface area contributed by atoms with E-state index in [-0.39, 0.29) is 0 Å². The Morgan fingerprint density at radius 3 is 2.59 bits per heavy atom. The lowest BCUT2D eigenvalue weighted by Crippen LogP contribution is -2.23. The van der Waals surface area contributed by atoms with Crippen LogP contribution in [0.2, 0.25) is 0 Å². The van der Waals surface area contributed by atoms with Crippen molar-refractivity contribution in [2.24, 2.45) is 5.92 Å². The molecule has 0 heterocycles. The summed E-state index contributed by atoms with van der Waals surface area (Å²) in [6.45, 7) is 7.56. The molecular weight excluding hydrogens is 214 g/mol. The van der Waals surface area contributed by atoms with E-state index in [1.54, 1.807) is 0 Å². The average Bonchev–Trinajstić information content (AvgIpc) is 2.38. The maximum absolute atomic E-state index is 5.71. The maximum Gasteiger partial charge on any atom is 0.0591 e. The summed E-state index contributed by atoms with van der Waals surface area (Å²) in [5.41, 5.74) is 0. The van der Waals surface area contributed by atoms with E-state index in [9.17, 15) is 0 Å². The molecule has 102 valence electrons. The smallest absolute Gasteiger partial charge is 0.0591 e. The molecule has 0 aliphatic heterocycles. The normalized spacial score (nSPS) is 17.5. The van der Waals surface area contributed by atoms with E-state index < -0.39 is 0 Å². The summed E-state index contributed by atoms with van der Waals surface area (Å²) in [5.74, 6) is 0.835. The first-order chi connectivity index (χ1) is 8.43. The Hall–Kier alpha value is -0.120. The van der Waals surface area contributed by atoms with E-state index >= 15 is 0 Å². The fourth-order valence-electron chi connectivity index (χ4n) is 2.32. The zero-order valence-electron chi connectivity index (χ0n) is 11.4. The number of nitrogens with one attached hydrogen (secondary N) is 1. The predicted molar refractivity (Wildman–Crippen MR) is 71.4 cm³/mol. The van der Waals surface area contributed by atoms with E-state index in [0.29, 0.717) is 0 Å². The minimum Gasteiger partial charge on any atom is -0.382 e. The first kappa shape index (κ1) is 14.9. The fourth-order valence-corrected chi connectivity index (χ4v) is 2.32. The van der Waals surface area contributed by atoms with Gasteiger partial charge in [0.05, 0.1) is 6.61 Å². The van der Waals surface area contributed by atoms with E-state index in [1.165, 1.54) is 32.1 Å². The Labute approximate surface area is 106 Å². The Morgan fingerprint density at radius 1 is 1.00 bits per heavy atom. The van der Waals surface area contributed by atoms with E-state index in [4.69, 9.17) is 9.47 Å². The molecule has 1 aliphatic rings. The third-order valence-corrected chi connectivity index (χ3v) is 3.35. The van der Waals surface area contributed by atoms with Gasteiger partial charge >= 0.3 is 0 Å². The van der Waals surface area contributed by atoms with Gasteiger partial charge in [0, 0.05) is 26.4 Å². The zero-order chi connectivity index (χ0) is 12.2. The summed E-state index contributed by atoms with van der Waals surface area (Å²) < 4.78 is 11.0. The molecular formula is C14H29NO2. The SMILES string of the molecule is CCOCCCNCCOCC1CCCCC1. The summed E-state index contributed by atoms with van der Waals surface area (Å²) in [6.07, 6.45) is 8.09. The van der Waals surface area contributed by atoms with E-state index in [2.05, 4.69) is 5.32 Å². The average molecular weight is 243 g/mol. The summed E-state index contributed by atoms with van der Waals surface area (Å²) in [4.78, 5) is 0. The highest BCUT2D eigenvalue weighted by Gasteiger charge is 2.12. The summed E-state index contributed by atoms with van der Waals surface area (Å²) >= 11 is 0. The molecule has 1 N–H and O–H groups in total. The second-order valence-corrected chi connectivity index (χ2v) is 4.88. The van der Waals surface area contributed by atoms with Crippen LogP contribution in [-0.4, -0.2) is 39.5 Å². The van der Waals surface area contributed by atoms with Crippen molar-refractivity contribution in [2.75, 3.05) is 39.5 Å². The highest BCUT2D eigenvalue weighted by atomic mass is 16.5. The molecule has 1 rings (SSSR count). The minimum absolute atomic E-state index is 0.824. The van der Waals surface area contributed by atoms with E-state index in [0.717, 1.165) is 51.9 Å². The third-order valence-electron chi connectivity index (χ3n) is 3.35. The highest BCUT2D eigenvalue weighted by molar-refractivity contribution is 4.64. The van der Waals surface area contributed by atoms with Crippen LogP contribution in [0.5, 0.6) is 0 Å². The van der Waals surface area contributed by atoms with Crippen molar-refractivity contribution in [1.29, 1.82) is 0 Å². The maximum atomic E-state index is 5.71. The van der Waals surface area contributed by atoms with Crippen molar-refractivity contribution >= 4 is 0 Å². The monoisotopic (exact) mass is 243 g/mol. The quantitative estimate of drug-likeness (QED) is 0.598. The van der Waals surface area contributed by atoms with Crippen molar-refractivity contribution < 1.29 is 9.47 Å². The molecule has 0 atom stereocenters. The van der Waals surface area contributed by atoms with Crippen molar-refractivity contribution in [1.82, 2.24) is 5.32 Å². The molecule has 0 aromatic carbocycles. The van der Waals surface area contributed by atoms with Gasteiger partial charge in [-0.1, -0.05) is 19.3 Å². The molecule has 0 saturated heterocycles. The topological polar surface area (TPSA) is 30.5 Å². The standard InChI is InChI=1S/C14H29NO2/c1-2-16-11-6-9-15-10-12-17-13-14-7-4-3-5-8-14/h14-15H,2-13H2,1H3. The minimum atomic E-state index is 0.824. The van der Waals surface area contributed by atoms with Gasteiger partial charge in [-0.05, 0) is 38.6 Å². The number of hydrogen-bond donors (Lipinski definition) is 1. The van der Waals surface area contributed by atoms with Crippen LogP contribution >= 0.6 is 0 Å². The number of rotatable bonds is 10. The first-order valence-electron chi connectivity index (χ1n) is 7.29. The van der Waals surface area contributed by atoms with Crippen LogP contribution in [0.4, 0.5) is 0 Å². The van der Waals surface area contributed by atoms with Gasteiger partial charge in [-0.25, -0.2) is 0 Å². The van der Waals surface area contributed by atoms with Gasteiger partial charge in [-0.15, -0.1) is 0 Å². The molecule has 0 amide bonds. The second kappa shape index (κ2) is 11.0. The summed E-state index contributed by atoms with van der Waals surface area (Å²) in [5, 5.41) is 3.38. The Kier molecular flexibility index (Phi) is 9.66. The fraction of sp³-hybridized carbons (Fsp3) is 1.00. The van der Waals surface area contributed by atoms with Gasteiger partial charge in [-0.3, -0.25) is 0 Å². The molecule has 3 heteroatoms. The lowest BCUT2D eigenvalue weighted by Gasteiger charge is -2.21.